The van der Waals surface area contributed by atoms with E-state index in [1.54, 1.807) is 0 Å². The number of carbonyl (C=O) groups excluding carboxylic acids is 1. The Morgan fingerprint density at radius 1 is 1.35 bits per heavy atom. The van der Waals surface area contributed by atoms with Gasteiger partial charge in [-0.15, -0.1) is 0 Å². The smallest absolute Gasteiger partial charge is 0.317 e. The summed E-state index contributed by atoms with van der Waals surface area (Å²) in [6, 6.07) is 5.81. The molecule has 1 saturated heterocycles. The first-order valence-electron chi connectivity index (χ1n) is 7.37. The van der Waals surface area contributed by atoms with Crippen LogP contribution in [0.3, 0.4) is 0 Å². The summed E-state index contributed by atoms with van der Waals surface area (Å²) in [4.78, 5) is 24.4. The number of carboxylic acid groups (broad SMARTS) is 1. The molecule has 1 aromatic carbocycles. The minimum Gasteiger partial charge on any atom is -0.480 e. The van der Waals surface area contributed by atoms with Crippen LogP contribution in [0.2, 0.25) is 0 Å². The van der Waals surface area contributed by atoms with E-state index in [-0.39, 0.29) is 18.3 Å². The Morgan fingerprint density at radius 2 is 2.04 bits per heavy atom. The summed E-state index contributed by atoms with van der Waals surface area (Å²) in [6.45, 7) is 1.45. The average Bonchev–Trinajstić information content (AvgIpc) is 2.86. The van der Waals surface area contributed by atoms with Crippen LogP contribution < -0.4 is 5.73 Å². The fourth-order valence-corrected chi connectivity index (χ4v) is 3.45. The summed E-state index contributed by atoms with van der Waals surface area (Å²) in [5.41, 5.74) is 6.59. The molecule has 0 atom stereocenters. The molecule has 0 unspecified atom stereocenters. The fourth-order valence-electron chi connectivity index (χ4n) is 3.09. The van der Waals surface area contributed by atoms with Crippen LogP contribution in [0.4, 0.5) is 0 Å². The lowest BCUT2D eigenvalue weighted by Gasteiger charge is -2.31. The van der Waals surface area contributed by atoms with E-state index in [0.29, 0.717) is 13.1 Å². The highest BCUT2D eigenvalue weighted by atomic mass is 79.9. The number of aliphatic carboxylic acids is 1. The molecule has 1 aliphatic heterocycles. The first kappa shape index (κ1) is 15.9. The van der Waals surface area contributed by atoms with Gasteiger partial charge in [0, 0.05) is 22.9 Å². The number of halogens is 1. The fraction of sp³-hybridized carbons (Fsp3) is 0.400. The van der Waals surface area contributed by atoms with Crippen molar-refractivity contribution in [1.29, 1.82) is 0 Å². The molecule has 1 aliphatic rings. The van der Waals surface area contributed by atoms with Crippen LogP contribution in [0.25, 0.3) is 10.9 Å². The third-order valence-corrected chi connectivity index (χ3v) is 4.66. The van der Waals surface area contributed by atoms with Crippen LogP contribution in [0.15, 0.2) is 22.7 Å². The summed E-state index contributed by atoms with van der Waals surface area (Å²) in [6.07, 6.45) is 1.58. The van der Waals surface area contributed by atoms with Gasteiger partial charge in [0.2, 0.25) is 0 Å². The third-order valence-electron chi connectivity index (χ3n) is 4.16. The largest absolute Gasteiger partial charge is 0.480 e. The Balaban J connectivity index is 1.89. The topological polar surface area (TPSA) is 101 Å². The van der Waals surface area contributed by atoms with E-state index in [9.17, 15) is 9.59 Å². The van der Waals surface area contributed by atoms with Gasteiger partial charge in [-0.3, -0.25) is 19.2 Å². The lowest BCUT2D eigenvalue weighted by molar-refractivity contribution is -0.138. The number of primary amides is 1. The van der Waals surface area contributed by atoms with Crippen LogP contribution in [-0.2, 0) is 4.79 Å². The Bertz CT molecular complexity index is 765. The molecule has 0 saturated carbocycles. The van der Waals surface area contributed by atoms with Crippen molar-refractivity contribution in [1.82, 2.24) is 14.7 Å². The maximum atomic E-state index is 11.7. The number of hydrogen-bond acceptors (Lipinski definition) is 4. The van der Waals surface area contributed by atoms with E-state index >= 15 is 0 Å². The highest BCUT2D eigenvalue weighted by Gasteiger charge is 2.25. The van der Waals surface area contributed by atoms with Crippen molar-refractivity contribution >= 4 is 38.7 Å². The molecule has 23 heavy (non-hydrogen) atoms. The van der Waals surface area contributed by atoms with E-state index in [1.165, 1.54) is 0 Å². The number of benzene rings is 1. The predicted octanol–water partition coefficient (Wildman–Crippen LogP) is 1.62. The molecule has 0 spiro atoms. The van der Waals surface area contributed by atoms with Crippen molar-refractivity contribution in [2.24, 2.45) is 5.73 Å². The summed E-state index contributed by atoms with van der Waals surface area (Å²) in [5, 5.41) is 14.0. The summed E-state index contributed by atoms with van der Waals surface area (Å²) in [5.74, 6) is -1.36. The molecule has 2 heterocycles. The van der Waals surface area contributed by atoms with Crippen molar-refractivity contribution in [2.45, 2.75) is 18.9 Å². The van der Waals surface area contributed by atoms with Crippen molar-refractivity contribution < 1.29 is 14.7 Å². The maximum absolute atomic E-state index is 11.7. The molecule has 1 fully saturated rings. The van der Waals surface area contributed by atoms with Gasteiger partial charge < -0.3 is 10.8 Å². The van der Waals surface area contributed by atoms with Gasteiger partial charge in [0.25, 0.3) is 5.91 Å². The van der Waals surface area contributed by atoms with Gasteiger partial charge in [-0.2, -0.15) is 5.10 Å². The molecule has 1 aromatic heterocycles. The number of amides is 1. The molecule has 3 N–H and O–H groups in total. The van der Waals surface area contributed by atoms with E-state index in [0.717, 1.165) is 28.2 Å². The lowest BCUT2D eigenvalue weighted by Crippen LogP contribution is -2.38. The van der Waals surface area contributed by atoms with E-state index in [4.69, 9.17) is 10.8 Å². The van der Waals surface area contributed by atoms with Crippen LogP contribution in [0, 0.1) is 0 Å². The maximum Gasteiger partial charge on any atom is 0.317 e. The zero-order valence-corrected chi connectivity index (χ0v) is 14.0. The van der Waals surface area contributed by atoms with Gasteiger partial charge >= 0.3 is 5.97 Å². The number of rotatable bonds is 4. The van der Waals surface area contributed by atoms with E-state index in [1.807, 2.05) is 27.8 Å². The molecule has 0 radical (unpaired) electrons. The van der Waals surface area contributed by atoms with Crippen molar-refractivity contribution in [3.8, 4) is 0 Å². The van der Waals surface area contributed by atoms with Crippen molar-refractivity contribution in [2.75, 3.05) is 19.6 Å². The number of likely N-dealkylation sites (tertiary alicyclic amines) is 1. The van der Waals surface area contributed by atoms with Gasteiger partial charge in [-0.1, -0.05) is 15.9 Å². The molecule has 7 nitrogen and oxygen atoms in total. The molecule has 8 heteroatoms. The monoisotopic (exact) mass is 380 g/mol. The Hall–Kier alpha value is -1.93. The normalized spacial score (nSPS) is 16.7. The van der Waals surface area contributed by atoms with Crippen LogP contribution in [-0.4, -0.2) is 51.3 Å². The Kier molecular flexibility index (Phi) is 4.36. The third kappa shape index (κ3) is 3.23. The minimum atomic E-state index is -0.811. The Morgan fingerprint density at radius 3 is 2.65 bits per heavy atom. The van der Waals surface area contributed by atoms with Gasteiger partial charge in [-0.05, 0) is 31.0 Å². The summed E-state index contributed by atoms with van der Waals surface area (Å²) < 4.78 is 2.73. The SMILES string of the molecule is NC(=O)c1nn(C2CCN(CC(=O)O)CC2)c2ccc(Br)cc12. The Labute approximate surface area is 141 Å². The number of carboxylic acids is 1. The molecule has 122 valence electrons. The quantitative estimate of drug-likeness (QED) is 0.838. The highest BCUT2D eigenvalue weighted by molar-refractivity contribution is 9.10. The number of hydrogen-bond donors (Lipinski definition) is 2. The molecule has 0 aliphatic carbocycles. The molecular formula is C15H17BrN4O3. The van der Waals surface area contributed by atoms with Gasteiger partial charge in [-0.25, -0.2) is 0 Å². The molecule has 1 amide bonds. The zero-order chi connectivity index (χ0) is 16.6. The number of carbonyl (C=O) groups is 2. The van der Waals surface area contributed by atoms with Gasteiger partial charge in [0.05, 0.1) is 18.1 Å². The predicted molar refractivity (Wildman–Crippen MR) is 88.3 cm³/mol. The number of nitrogens with two attached hydrogens (primary N) is 1. The molecular weight excluding hydrogens is 364 g/mol. The molecule has 2 aromatic rings. The number of aromatic nitrogens is 2. The van der Waals surface area contributed by atoms with Gasteiger partial charge in [0.15, 0.2) is 5.69 Å². The number of piperidine rings is 1. The second-order valence-corrected chi connectivity index (χ2v) is 6.64. The minimum absolute atomic E-state index is 0.0616. The van der Waals surface area contributed by atoms with E-state index < -0.39 is 11.9 Å². The summed E-state index contributed by atoms with van der Waals surface area (Å²) >= 11 is 3.40. The van der Waals surface area contributed by atoms with E-state index in [2.05, 4.69) is 21.0 Å². The summed E-state index contributed by atoms with van der Waals surface area (Å²) in [7, 11) is 0. The van der Waals surface area contributed by atoms with Gasteiger partial charge in [0.1, 0.15) is 0 Å². The van der Waals surface area contributed by atoms with Crippen LogP contribution in [0.1, 0.15) is 29.4 Å². The van der Waals surface area contributed by atoms with Crippen molar-refractivity contribution in [3.63, 3.8) is 0 Å². The van der Waals surface area contributed by atoms with Crippen molar-refractivity contribution in [3.05, 3.63) is 28.4 Å². The first-order chi connectivity index (χ1) is 11.0. The number of fused-ring (bicyclic) bond motifs is 1. The molecule has 3 rings (SSSR count). The zero-order valence-electron chi connectivity index (χ0n) is 12.4. The number of nitrogens with zero attached hydrogens (tertiary/aromatic N) is 3. The first-order valence-corrected chi connectivity index (χ1v) is 8.16. The lowest BCUT2D eigenvalue weighted by atomic mass is 10.0. The second-order valence-electron chi connectivity index (χ2n) is 5.72. The molecule has 0 bridgehead atoms. The average molecular weight is 381 g/mol. The second kappa shape index (κ2) is 6.29. The van der Waals surface area contributed by atoms with Crippen LogP contribution >= 0.6 is 15.9 Å². The highest BCUT2D eigenvalue weighted by Crippen LogP contribution is 2.29. The van der Waals surface area contributed by atoms with Crippen LogP contribution in [0.5, 0.6) is 0 Å². The standard InChI is InChI=1S/C15H17BrN4O3/c16-9-1-2-12-11(7-9)14(15(17)23)18-20(12)10-3-5-19(6-4-10)8-13(21)22/h1-2,7,10H,3-6,8H2,(H2,17,23)(H,21,22).